The van der Waals surface area contributed by atoms with E-state index in [9.17, 15) is 4.79 Å². The third kappa shape index (κ3) is 3.43. The highest BCUT2D eigenvalue weighted by molar-refractivity contribution is 5.78. The Kier molecular flexibility index (Phi) is 5.73. The van der Waals surface area contributed by atoms with Crippen molar-refractivity contribution >= 4 is 5.91 Å². The molecule has 5 heteroatoms. The lowest BCUT2D eigenvalue weighted by molar-refractivity contribution is -0.137. The van der Waals surface area contributed by atoms with Crippen LogP contribution in [0.5, 0.6) is 0 Å². The van der Waals surface area contributed by atoms with Gasteiger partial charge in [-0.3, -0.25) is 4.79 Å². The van der Waals surface area contributed by atoms with Gasteiger partial charge in [0.2, 0.25) is 5.91 Å². The van der Waals surface area contributed by atoms with Crippen molar-refractivity contribution in [3.8, 4) is 0 Å². The van der Waals surface area contributed by atoms with Gasteiger partial charge in [-0.15, -0.1) is 0 Å². The van der Waals surface area contributed by atoms with E-state index >= 15 is 0 Å². The van der Waals surface area contributed by atoms with E-state index in [1.165, 1.54) is 0 Å². The molecule has 0 bridgehead atoms. The van der Waals surface area contributed by atoms with Gasteiger partial charge in [0.25, 0.3) is 0 Å². The van der Waals surface area contributed by atoms with Crippen molar-refractivity contribution < 1.29 is 14.3 Å². The summed E-state index contributed by atoms with van der Waals surface area (Å²) in [6, 6.07) is 0.179. The number of amides is 1. The van der Waals surface area contributed by atoms with Crippen LogP contribution in [0.3, 0.4) is 0 Å². The molecule has 1 aliphatic rings. The smallest absolute Gasteiger partial charge is 0.248 e. The maximum Gasteiger partial charge on any atom is 0.248 e. The molecule has 5 nitrogen and oxygen atoms in total. The second kappa shape index (κ2) is 6.83. The predicted molar refractivity (Wildman–Crippen MR) is 61.0 cm³/mol. The number of carbonyl (C=O) groups is 1. The number of hydrogen-bond acceptors (Lipinski definition) is 4. The van der Waals surface area contributed by atoms with Gasteiger partial charge in [0.05, 0.1) is 13.2 Å². The fourth-order valence-electron chi connectivity index (χ4n) is 2.06. The van der Waals surface area contributed by atoms with E-state index in [0.717, 1.165) is 13.0 Å². The van der Waals surface area contributed by atoms with Gasteiger partial charge in [-0.25, -0.2) is 0 Å². The van der Waals surface area contributed by atoms with Crippen LogP contribution in [0, 0.1) is 5.92 Å². The first kappa shape index (κ1) is 13.4. The van der Waals surface area contributed by atoms with Crippen LogP contribution in [-0.4, -0.2) is 56.9 Å². The van der Waals surface area contributed by atoms with E-state index in [1.54, 1.807) is 7.11 Å². The van der Waals surface area contributed by atoms with Gasteiger partial charge >= 0.3 is 0 Å². The molecule has 1 heterocycles. The quantitative estimate of drug-likeness (QED) is 0.644. The summed E-state index contributed by atoms with van der Waals surface area (Å²) in [4.78, 5) is 13.7. The van der Waals surface area contributed by atoms with Crippen LogP contribution in [0.25, 0.3) is 0 Å². The minimum absolute atomic E-state index is 0.0379. The molecule has 0 aromatic heterocycles. The van der Waals surface area contributed by atoms with Crippen molar-refractivity contribution in [3.05, 3.63) is 0 Å². The van der Waals surface area contributed by atoms with Crippen molar-refractivity contribution in [3.63, 3.8) is 0 Å². The zero-order valence-electron chi connectivity index (χ0n) is 10.1. The monoisotopic (exact) mass is 230 g/mol. The highest BCUT2D eigenvalue weighted by Crippen LogP contribution is 2.22. The molecular weight excluding hydrogens is 208 g/mol. The van der Waals surface area contributed by atoms with Gasteiger partial charge < -0.3 is 20.1 Å². The summed E-state index contributed by atoms with van der Waals surface area (Å²) in [6.07, 6.45) is 1.03. The molecule has 0 saturated carbocycles. The topological polar surface area (TPSA) is 64.8 Å². The molecule has 0 aromatic carbocycles. The fraction of sp³-hybridized carbons (Fsp3) is 0.909. The van der Waals surface area contributed by atoms with E-state index in [0.29, 0.717) is 25.7 Å². The van der Waals surface area contributed by atoms with Crippen molar-refractivity contribution in [2.75, 3.05) is 40.0 Å². The highest BCUT2D eigenvalue weighted by atomic mass is 16.5. The Hall–Kier alpha value is -0.650. The van der Waals surface area contributed by atoms with E-state index < -0.39 is 0 Å². The Balaban J connectivity index is 2.30. The lowest BCUT2D eigenvalue weighted by atomic mass is 10.0. The van der Waals surface area contributed by atoms with Crippen LogP contribution in [-0.2, 0) is 14.3 Å². The lowest BCUT2D eigenvalue weighted by Crippen LogP contribution is -2.43. The van der Waals surface area contributed by atoms with E-state index in [-0.39, 0.29) is 18.6 Å². The number of likely N-dealkylation sites (tertiary alicyclic amines) is 1. The molecule has 2 atom stereocenters. The van der Waals surface area contributed by atoms with Gasteiger partial charge in [0.1, 0.15) is 6.61 Å². The standard InChI is InChI=1S/C11H22N2O3/c1-9-3-4-13(10(9)7-12)11(14)8-16-6-5-15-2/h9-10H,3-8,12H2,1-2H3. The van der Waals surface area contributed by atoms with Crippen molar-refractivity contribution in [2.24, 2.45) is 11.7 Å². The molecule has 1 fully saturated rings. The number of methoxy groups -OCH3 is 1. The predicted octanol–water partition coefficient (Wildman–Crippen LogP) is -0.155. The SMILES string of the molecule is COCCOCC(=O)N1CCC(C)C1CN. The van der Waals surface area contributed by atoms with Gasteiger partial charge in [0, 0.05) is 26.2 Å². The molecule has 1 rings (SSSR count). The normalized spacial score (nSPS) is 25.1. The summed E-state index contributed by atoms with van der Waals surface area (Å²) in [5.74, 6) is 0.531. The highest BCUT2D eigenvalue weighted by Gasteiger charge is 2.32. The van der Waals surface area contributed by atoms with Crippen LogP contribution < -0.4 is 5.73 Å². The average molecular weight is 230 g/mol. The molecule has 1 saturated heterocycles. The van der Waals surface area contributed by atoms with Crippen LogP contribution in [0.15, 0.2) is 0 Å². The number of carbonyl (C=O) groups excluding carboxylic acids is 1. The van der Waals surface area contributed by atoms with E-state index in [2.05, 4.69) is 6.92 Å². The molecule has 2 N–H and O–H groups in total. The van der Waals surface area contributed by atoms with Crippen LogP contribution in [0.2, 0.25) is 0 Å². The first-order chi connectivity index (χ1) is 7.70. The number of hydrogen-bond donors (Lipinski definition) is 1. The van der Waals surface area contributed by atoms with Gasteiger partial charge in [0.15, 0.2) is 0 Å². The molecule has 0 spiro atoms. The van der Waals surface area contributed by atoms with Crippen molar-refractivity contribution in [1.29, 1.82) is 0 Å². The molecule has 94 valence electrons. The van der Waals surface area contributed by atoms with Gasteiger partial charge in [-0.05, 0) is 12.3 Å². The van der Waals surface area contributed by atoms with Crippen LogP contribution in [0.4, 0.5) is 0 Å². The molecule has 1 amide bonds. The summed E-state index contributed by atoms with van der Waals surface area (Å²) in [5.41, 5.74) is 5.67. The van der Waals surface area contributed by atoms with Gasteiger partial charge in [-0.1, -0.05) is 6.92 Å². The second-order valence-electron chi connectivity index (χ2n) is 4.20. The first-order valence-corrected chi connectivity index (χ1v) is 5.77. The molecular formula is C11H22N2O3. The summed E-state index contributed by atoms with van der Waals surface area (Å²) in [7, 11) is 1.61. The summed E-state index contributed by atoms with van der Waals surface area (Å²) < 4.78 is 10.1. The minimum Gasteiger partial charge on any atom is -0.382 e. The molecule has 0 aromatic rings. The van der Waals surface area contributed by atoms with Gasteiger partial charge in [-0.2, -0.15) is 0 Å². The Morgan fingerprint density at radius 3 is 2.88 bits per heavy atom. The maximum atomic E-state index is 11.8. The summed E-state index contributed by atoms with van der Waals surface area (Å²) >= 11 is 0. The first-order valence-electron chi connectivity index (χ1n) is 5.77. The number of nitrogens with two attached hydrogens (primary N) is 1. The third-order valence-corrected chi connectivity index (χ3v) is 3.10. The van der Waals surface area contributed by atoms with Crippen molar-refractivity contribution in [2.45, 2.75) is 19.4 Å². The summed E-state index contributed by atoms with van der Waals surface area (Å²) in [6.45, 7) is 4.58. The third-order valence-electron chi connectivity index (χ3n) is 3.10. The second-order valence-corrected chi connectivity index (χ2v) is 4.20. The fourth-order valence-corrected chi connectivity index (χ4v) is 2.06. The molecule has 0 aliphatic carbocycles. The number of rotatable bonds is 6. The number of ether oxygens (including phenoxy) is 2. The molecule has 0 radical (unpaired) electrons. The average Bonchev–Trinajstić information content (AvgIpc) is 2.65. The number of nitrogens with zero attached hydrogens (tertiary/aromatic N) is 1. The Morgan fingerprint density at radius 1 is 1.50 bits per heavy atom. The Labute approximate surface area is 96.9 Å². The zero-order valence-corrected chi connectivity index (χ0v) is 10.1. The van der Waals surface area contributed by atoms with E-state index in [4.69, 9.17) is 15.2 Å². The minimum atomic E-state index is 0.0379. The largest absolute Gasteiger partial charge is 0.382 e. The lowest BCUT2D eigenvalue weighted by Gasteiger charge is -2.25. The van der Waals surface area contributed by atoms with E-state index in [1.807, 2.05) is 4.90 Å². The van der Waals surface area contributed by atoms with Crippen molar-refractivity contribution in [1.82, 2.24) is 4.90 Å². The Bertz CT molecular complexity index is 223. The Morgan fingerprint density at radius 2 is 2.25 bits per heavy atom. The van der Waals surface area contributed by atoms with Crippen LogP contribution >= 0.6 is 0 Å². The molecule has 2 unspecified atom stereocenters. The summed E-state index contributed by atoms with van der Waals surface area (Å²) in [5, 5.41) is 0. The molecule has 16 heavy (non-hydrogen) atoms. The maximum absolute atomic E-state index is 11.8. The van der Waals surface area contributed by atoms with Crippen LogP contribution in [0.1, 0.15) is 13.3 Å². The zero-order chi connectivity index (χ0) is 12.0. The molecule has 1 aliphatic heterocycles.